The Morgan fingerprint density at radius 1 is 1.45 bits per heavy atom. The third kappa shape index (κ3) is 2.80. The van der Waals surface area contributed by atoms with Crippen molar-refractivity contribution in [1.29, 1.82) is 0 Å². The first-order valence-corrected chi connectivity index (χ1v) is 6.30. The number of ether oxygens (including phenoxy) is 1. The summed E-state index contributed by atoms with van der Waals surface area (Å²) in [6.45, 7) is 1.14. The van der Waals surface area contributed by atoms with Crippen molar-refractivity contribution < 1.29 is 9.53 Å². The van der Waals surface area contributed by atoms with E-state index < -0.39 is 0 Å². The van der Waals surface area contributed by atoms with Crippen LogP contribution < -0.4 is 15.4 Å². The van der Waals surface area contributed by atoms with Gasteiger partial charge in [0.05, 0.1) is 19.1 Å². The Balaban J connectivity index is 2.23. The number of benzene rings is 1. The minimum atomic E-state index is -0.190. The minimum Gasteiger partial charge on any atom is -0.495 e. The largest absolute Gasteiger partial charge is 0.495 e. The van der Waals surface area contributed by atoms with Crippen LogP contribution in [0.15, 0.2) is 36.8 Å². The number of amides is 1. The lowest BCUT2D eigenvalue weighted by Crippen LogP contribution is -2.27. The second kappa shape index (κ2) is 6.21. The quantitative estimate of drug-likeness (QED) is 0.887. The summed E-state index contributed by atoms with van der Waals surface area (Å²) in [6.07, 6.45) is 3.30. The Morgan fingerprint density at radius 3 is 2.90 bits per heavy atom. The van der Waals surface area contributed by atoms with Crippen molar-refractivity contribution in [2.75, 3.05) is 25.6 Å². The van der Waals surface area contributed by atoms with Crippen LogP contribution in [0, 0.1) is 0 Å². The molecule has 0 saturated carbocycles. The highest BCUT2D eigenvalue weighted by atomic mass is 16.5. The normalized spacial score (nSPS) is 10.3. The van der Waals surface area contributed by atoms with E-state index >= 15 is 0 Å². The lowest BCUT2D eigenvalue weighted by atomic mass is 10.2. The maximum atomic E-state index is 12.4. The van der Waals surface area contributed by atoms with E-state index in [0.29, 0.717) is 30.2 Å². The molecule has 20 heavy (non-hydrogen) atoms. The molecule has 1 heterocycles. The van der Waals surface area contributed by atoms with Crippen molar-refractivity contribution >= 4 is 11.6 Å². The van der Waals surface area contributed by atoms with E-state index in [1.54, 1.807) is 31.2 Å². The van der Waals surface area contributed by atoms with E-state index in [0.717, 1.165) is 0 Å². The molecule has 0 aliphatic heterocycles. The molecular formula is C14H18N4O2. The highest BCUT2D eigenvalue weighted by molar-refractivity contribution is 6.05. The smallest absolute Gasteiger partial charge is 0.278 e. The Hall–Kier alpha value is -2.34. The van der Waals surface area contributed by atoms with Gasteiger partial charge in [-0.05, 0) is 12.1 Å². The van der Waals surface area contributed by atoms with Crippen molar-refractivity contribution in [2.24, 2.45) is 5.73 Å². The van der Waals surface area contributed by atoms with Crippen LogP contribution in [0.2, 0.25) is 0 Å². The molecule has 2 N–H and O–H groups in total. The molecule has 0 aliphatic rings. The summed E-state index contributed by atoms with van der Waals surface area (Å²) in [6, 6.07) is 7.35. The van der Waals surface area contributed by atoms with E-state index in [1.807, 2.05) is 24.3 Å². The van der Waals surface area contributed by atoms with E-state index in [4.69, 9.17) is 10.5 Å². The second-order valence-electron chi connectivity index (χ2n) is 4.32. The number of hydrogen-bond acceptors (Lipinski definition) is 4. The lowest BCUT2D eigenvalue weighted by molar-refractivity contribution is 0.0988. The number of methoxy groups -OCH3 is 1. The van der Waals surface area contributed by atoms with Crippen LogP contribution in [0.3, 0.4) is 0 Å². The Labute approximate surface area is 117 Å². The standard InChI is InChI=1S/C14H18N4O2/c1-17(12-5-3-4-6-13(12)20-2)14(19)11-9-18(8-7-15)10-16-11/h3-6,9-10H,7-8,15H2,1-2H3. The molecule has 0 radical (unpaired) electrons. The van der Waals surface area contributed by atoms with Crippen molar-refractivity contribution in [3.8, 4) is 5.75 Å². The van der Waals surface area contributed by atoms with Gasteiger partial charge in [0, 0.05) is 26.3 Å². The molecule has 0 aliphatic carbocycles. The first kappa shape index (κ1) is 14.1. The van der Waals surface area contributed by atoms with Crippen LogP contribution in [0.1, 0.15) is 10.5 Å². The predicted octanol–water partition coefficient (Wildman–Crippen LogP) is 1.13. The molecule has 106 valence electrons. The monoisotopic (exact) mass is 274 g/mol. The molecule has 1 aromatic carbocycles. The van der Waals surface area contributed by atoms with Gasteiger partial charge in [0.2, 0.25) is 0 Å². The maximum Gasteiger partial charge on any atom is 0.278 e. The van der Waals surface area contributed by atoms with Gasteiger partial charge in [-0.3, -0.25) is 4.79 Å². The molecule has 0 unspecified atom stereocenters. The molecule has 0 spiro atoms. The second-order valence-corrected chi connectivity index (χ2v) is 4.32. The van der Waals surface area contributed by atoms with Crippen LogP contribution in [-0.4, -0.2) is 36.2 Å². The zero-order valence-electron chi connectivity index (χ0n) is 11.6. The van der Waals surface area contributed by atoms with Gasteiger partial charge in [0.25, 0.3) is 5.91 Å². The van der Waals surface area contributed by atoms with Gasteiger partial charge in [-0.25, -0.2) is 4.98 Å². The summed E-state index contributed by atoms with van der Waals surface area (Å²) < 4.78 is 7.06. The molecule has 6 nitrogen and oxygen atoms in total. The fourth-order valence-electron chi connectivity index (χ4n) is 1.93. The molecule has 1 aromatic heterocycles. The third-order valence-corrected chi connectivity index (χ3v) is 2.99. The average molecular weight is 274 g/mol. The molecule has 0 fully saturated rings. The minimum absolute atomic E-state index is 0.190. The SMILES string of the molecule is COc1ccccc1N(C)C(=O)c1cn(CCN)cn1. The Morgan fingerprint density at radius 2 is 2.20 bits per heavy atom. The summed E-state index contributed by atoms with van der Waals surface area (Å²) in [4.78, 5) is 18.0. The summed E-state index contributed by atoms with van der Waals surface area (Å²) in [5, 5.41) is 0. The highest BCUT2D eigenvalue weighted by Gasteiger charge is 2.18. The fourth-order valence-corrected chi connectivity index (χ4v) is 1.93. The van der Waals surface area contributed by atoms with E-state index in [2.05, 4.69) is 4.98 Å². The molecule has 2 rings (SSSR count). The molecule has 6 heteroatoms. The number of aromatic nitrogens is 2. The highest BCUT2D eigenvalue weighted by Crippen LogP contribution is 2.27. The summed E-state index contributed by atoms with van der Waals surface area (Å²) >= 11 is 0. The number of carbonyl (C=O) groups excluding carboxylic acids is 1. The maximum absolute atomic E-state index is 12.4. The number of anilines is 1. The van der Waals surface area contributed by atoms with Gasteiger partial charge < -0.3 is 19.9 Å². The van der Waals surface area contributed by atoms with E-state index in [9.17, 15) is 4.79 Å². The molecule has 0 saturated heterocycles. The molecule has 1 amide bonds. The average Bonchev–Trinajstić information content (AvgIpc) is 2.94. The summed E-state index contributed by atoms with van der Waals surface area (Å²) in [5.74, 6) is 0.454. The number of carbonyl (C=O) groups is 1. The summed E-state index contributed by atoms with van der Waals surface area (Å²) in [5.41, 5.74) is 6.56. The van der Waals surface area contributed by atoms with Gasteiger partial charge in [0.1, 0.15) is 11.4 Å². The van der Waals surface area contributed by atoms with Crippen LogP contribution in [0.25, 0.3) is 0 Å². The number of nitrogens with zero attached hydrogens (tertiary/aromatic N) is 3. The van der Waals surface area contributed by atoms with Gasteiger partial charge in [-0.15, -0.1) is 0 Å². The van der Waals surface area contributed by atoms with E-state index in [1.165, 1.54) is 4.90 Å². The van der Waals surface area contributed by atoms with Crippen LogP contribution >= 0.6 is 0 Å². The number of hydrogen-bond donors (Lipinski definition) is 1. The summed E-state index contributed by atoms with van der Waals surface area (Å²) in [7, 11) is 3.27. The predicted molar refractivity (Wildman–Crippen MR) is 77.0 cm³/mol. The van der Waals surface area contributed by atoms with Crippen molar-refractivity contribution in [1.82, 2.24) is 9.55 Å². The molecule has 2 aromatic rings. The van der Waals surface area contributed by atoms with Crippen LogP contribution in [0.5, 0.6) is 5.75 Å². The van der Waals surface area contributed by atoms with Gasteiger partial charge in [-0.2, -0.15) is 0 Å². The van der Waals surface area contributed by atoms with E-state index in [-0.39, 0.29) is 5.91 Å². The van der Waals surface area contributed by atoms with Crippen molar-refractivity contribution in [3.05, 3.63) is 42.5 Å². The zero-order valence-corrected chi connectivity index (χ0v) is 11.6. The number of imidazole rings is 1. The number of nitrogens with two attached hydrogens (primary N) is 1. The third-order valence-electron chi connectivity index (χ3n) is 2.99. The molecule has 0 bridgehead atoms. The Kier molecular flexibility index (Phi) is 4.37. The van der Waals surface area contributed by atoms with Gasteiger partial charge in [-0.1, -0.05) is 12.1 Å². The first-order valence-electron chi connectivity index (χ1n) is 6.30. The topological polar surface area (TPSA) is 73.4 Å². The van der Waals surface area contributed by atoms with Crippen molar-refractivity contribution in [3.63, 3.8) is 0 Å². The lowest BCUT2D eigenvalue weighted by Gasteiger charge is -2.18. The molecular weight excluding hydrogens is 256 g/mol. The van der Waals surface area contributed by atoms with Gasteiger partial charge >= 0.3 is 0 Å². The van der Waals surface area contributed by atoms with Crippen LogP contribution in [0.4, 0.5) is 5.69 Å². The van der Waals surface area contributed by atoms with Crippen LogP contribution in [-0.2, 0) is 6.54 Å². The number of rotatable bonds is 5. The van der Waals surface area contributed by atoms with Crippen molar-refractivity contribution in [2.45, 2.75) is 6.54 Å². The van der Waals surface area contributed by atoms with Gasteiger partial charge in [0.15, 0.2) is 0 Å². The Bertz CT molecular complexity index is 594. The zero-order chi connectivity index (χ0) is 14.5. The molecule has 0 atom stereocenters. The first-order chi connectivity index (χ1) is 9.67. The number of para-hydroxylation sites is 2. The fraction of sp³-hybridized carbons (Fsp3) is 0.286.